The van der Waals surface area contributed by atoms with Gasteiger partial charge in [0, 0.05) is 26.1 Å². The molecule has 0 amide bonds. The molecule has 0 rings (SSSR count). The van der Waals surface area contributed by atoms with Crippen molar-refractivity contribution >= 4 is 0 Å². The second-order valence-electron chi connectivity index (χ2n) is 11.5. The molecule has 1 N–H and O–H groups in total. The second-order valence-corrected chi connectivity index (χ2v) is 11.5. The van der Waals surface area contributed by atoms with Crippen LogP contribution < -0.4 is 5.32 Å². The molecule has 0 atom stereocenters. The van der Waals surface area contributed by atoms with Crippen LogP contribution in [0.15, 0.2) is 0 Å². The predicted octanol–water partition coefficient (Wildman–Crippen LogP) is 2.40. The summed E-state index contributed by atoms with van der Waals surface area (Å²) in [6.45, 7) is 13.0. The van der Waals surface area contributed by atoms with E-state index in [1.54, 1.807) is 0 Å². The topological polar surface area (TPSA) is 28.2 Å². The minimum Gasteiger partial charge on any atom is -0.331 e. The van der Waals surface area contributed by atoms with Crippen LogP contribution in [0, 0.1) is 0 Å². The maximum absolute atomic E-state index is 3.13. The first-order chi connectivity index (χ1) is 15.7. The molecular weight excluding hydrogens is 422 g/mol. The summed E-state index contributed by atoms with van der Waals surface area (Å²) in [4.78, 5) is 11.5. The third kappa shape index (κ3) is 41.9. The van der Waals surface area contributed by atoms with Crippen molar-refractivity contribution in [2.24, 2.45) is 0 Å². The fourth-order valence-electron chi connectivity index (χ4n) is 3.07. The highest BCUT2D eigenvalue weighted by atomic mass is 15.3. The van der Waals surface area contributed by atoms with E-state index in [0.717, 1.165) is 17.6 Å². The van der Waals surface area contributed by atoms with Crippen molar-refractivity contribution in [1.29, 1.82) is 0 Å². The molecule has 7 nitrogen and oxygen atoms in total. The Bertz CT molecular complexity index is 382. The van der Waals surface area contributed by atoms with Crippen molar-refractivity contribution in [3.8, 4) is 0 Å². The smallest absolute Gasteiger partial charge is 0.0792 e. The third-order valence-corrected chi connectivity index (χ3v) is 5.37. The Hall–Kier alpha value is -0.280. The van der Waals surface area contributed by atoms with E-state index in [1.165, 1.54) is 77.9 Å². The number of quaternary nitrogens is 1. The van der Waals surface area contributed by atoms with Crippen LogP contribution in [0.3, 0.4) is 0 Å². The standard InChI is InChI=1S/C10H25N3.C10H24N2.C7H19N2/c1-11(2)7-6-8-13(5)10-9-12(3)4;1-5-6-9-12(4)10-7-8-11(2)3;1-8-6-5-7-9(2,3)4/h6-10H2,1-5H3;5-10H2,1-4H3;8H,5-7H2,1-4H3/q;;+1. The van der Waals surface area contributed by atoms with E-state index < -0.39 is 0 Å². The molecule has 0 aliphatic heterocycles. The van der Waals surface area contributed by atoms with Gasteiger partial charge in [0.2, 0.25) is 0 Å². The van der Waals surface area contributed by atoms with Crippen LogP contribution in [0.5, 0.6) is 0 Å². The Morgan fingerprint density at radius 2 is 0.941 bits per heavy atom. The van der Waals surface area contributed by atoms with Crippen molar-refractivity contribution in [2.75, 3.05) is 143 Å². The van der Waals surface area contributed by atoms with Crippen molar-refractivity contribution in [2.45, 2.75) is 39.0 Å². The monoisotopic (exact) mass is 491 g/mol. The molecule has 0 spiro atoms. The number of unbranched alkanes of at least 4 members (excludes halogenated alkanes) is 1. The van der Waals surface area contributed by atoms with Crippen LogP contribution in [0.1, 0.15) is 39.0 Å². The van der Waals surface area contributed by atoms with Crippen LogP contribution in [0.4, 0.5) is 0 Å². The van der Waals surface area contributed by atoms with E-state index >= 15 is 0 Å². The van der Waals surface area contributed by atoms with Gasteiger partial charge in [-0.3, -0.25) is 0 Å². The highest BCUT2D eigenvalue weighted by Crippen LogP contribution is 1.94. The lowest BCUT2D eigenvalue weighted by Crippen LogP contribution is -2.36. The van der Waals surface area contributed by atoms with Crippen molar-refractivity contribution < 1.29 is 4.48 Å². The Morgan fingerprint density at radius 1 is 0.529 bits per heavy atom. The second kappa shape index (κ2) is 25.8. The van der Waals surface area contributed by atoms with E-state index in [4.69, 9.17) is 0 Å². The summed E-state index contributed by atoms with van der Waals surface area (Å²) in [5.74, 6) is 0. The van der Waals surface area contributed by atoms with Crippen molar-refractivity contribution in [1.82, 2.24) is 29.8 Å². The first-order valence-corrected chi connectivity index (χ1v) is 13.5. The predicted molar refractivity (Wildman–Crippen MR) is 156 cm³/mol. The lowest BCUT2D eigenvalue weighted by Gasteiger charge is -2.23. The molecule has 0 fully saturated rings. The minimum atomic E-state index is 1.07. The number of rotatable bonds is 18. The van der Waals surface area contributed by atoms with Gasteiger partial charge >= 0.3 is 0 Å². The molecule has 0 aromatic rings. The van der Waals surface area contributed by atoms with Crippen LogP contribution in [-0.2, 0) is 0 Å². The molecule has 0 radical (unpaired) electrons. The molecule has 34 heavy (non-hydrogen) atoms. The highest BCUT2D eigenvalue weighted by Gasteiger charge is 2.04. The van der Waals surface area contributed by atoms with E-state index in [2.05, 4.69) is 114 Å². The molecule has 0 saturated heterocycles. The Balaban J connectivity index is -0.000000431. The number of nitrogens with one attached hydrogen (secondary N) is 1. The van der Waals surface area contributed by atoms with Gasteiger partial charge in [0.15, 0.2) is 0 Å². The van der Waals surface area contributed by atoms with Gasteiger partial charge in [-0.1, -0.05) is 13.3 Å². The third-order valence-electron chi connectivity index (χ3n) is 5.37. The van der Waals surface area contributed by atoms with Gasteiger partial charge in [0.25, 0.3) is 0 Å². The van der Waals surface area contributed by atoms with Crippen LogP contribution >= 0.6 is 0 Å². The molecule has 0 aliphatic carbocycles. The van der Waals surface area contributed by atoms with E-state index in [1.807, 2.05) is 7.05 Å². The summed E-state index contributed by atoms with van der Waals surface area (Å²) in [6.07, 6.45) is 6.45. The number of hydrogen-bond donors (Lipinski definition) is 1. The Kier molecular flexibility index (Phi) is 29.0. The summed E-state index contributed by atoms with van der Waals surface area (Å²) in [5, 5.41) is 3.13. The van der Waals surface area contributed by atoms with Crippen LogP contribution in [0.2, 0.25) is 0 Å². The van der Waals surface area contributed by atoms with Gasteiger partial charge in [-0.15, -0.1) is 0 Å². The average molecular weight is 491 g/mol. The zero-order chi connectivity index (χ0) is 27.0. The first kappa shape index (κ1) is 38.3. The maximum atomic E-state index is 3.13. The Labute approximate surface area is 217 Å². The van der Waals surface area contributed by atoms with E-state index in [-0.39, 0.29) is 0 Å². The lowest BCUT2D eigenvalue weighted by molar-refractivity contribution is -0.870. The lowest BCUT2D eigenvalue weighted by atomic mass is 10.3. The van der Waals surface area contributed by atoms with Crippen molar-refractivity contribution in [3.63, 3.8) is 0 Å². The first-order valence-electron chi connectivity index (χ1n) is 13.5. The number of hydrogen-bond acceptors (Lipinski definition) is 6. The summed E-state index contributed by atoms with van der Waals surface area (Å²) in [5.41, 5.74) is 0. The molecule has 0 heterocycles. The molecule has 0 bridgehead atoms. The largest absolute Gasteiger partial charge is 0.331 e. The van der Waals surface area contributed by atoms with Gasteiger partial charge in [-0.25, -0.2) is 0 Å². The number of nitrogens with zero attached hydrogens (tertiary/aromatic N) is 6. The summed E-state index contributed by atoms with van der Waals surface area (Å²) >= 11 is 0. The van der Waals surface area contributed by atoms with Gasteiger partial charge < -0.3 is 34.3 Å². The van der Waals surface area contributed by atoms with Gasteiger partial charge in [0.05, 0.1) is 27.7 Å². The molecule has 0 unspecified atom stereocenters. The molecule has 210 valence electrons. The highest BCUT2D eigenvalue weighted by molar-refractivity contribution is 4.55. The summed E-state index contributed by atoms with van der Waals surface area (Å²) in [7, 11) is 25.8. The summed E-state index contributed by atoms with van der Waals surface area (Å²) < 4.78 is 1.07. The van der Waals surface area contributed by atoms with Crippen LogP contribution in [-0.4, -0.2) is 172 Å². The van der Waals surface area contributed by atoms with Gasteiger partial charge in [0.1, 0.15) is 0 Å². The normalized spacial score (nSPS) is 11.8. The quantitative estimate of drug-likeness (QED) is 0.234. The molecule has 7 heteroatoms. The molecular formula is C27H68N7+. The fourth-order valence-corrected chi connectivity index (χ4v) is 3.07. The van der Waals surface area contributed by atoms with Gasteiger partial charge in [-0.05, 0) is 115 Å². The van der Waals surface area contributed by atoms with E-state index in [0.29, 0.717) is 0 Å². The van der Waals surface area contributed by atoms with Crippen LogP contribution in [0.25, 0.3) is 0 Å². The number of likely N-dealkylation sites (N-methyl/N-ethyl adjacent to an activating group) is 2. The average Bonchev–Trinajstić information content (AvgIpc) is 2.70. The zero-order valence-electron chi connectivity index (χ0n) is 26.1. The summed E-state index contributed by atoms with van der Waals surface area (Å²) in [6, 6.07) is 0. The molecule has 0 aliphatic rings. The minimum absolute atomic E-state index is 1.07. The van der Waals surface area contributed by atoms with E-state index in [9.17, 15) is 0 Å². The van der Waals surface area contributed by atoms with Gasteiger partial charge in [-0.2, -0.15) is 0 Å². The molecule has 0 saturated carbocycles. The Morgan fingerprint density at radius 3 is 1.29 bits per heavy atom. The SMILES string of the molecule is CCCCN(C)CCCN(C)C.CN(C)CCCN(C)CCN(C)C.CNCCC[N+](C)(C)C. The molecule has 0 aromatic carbocycles. The fraction of sp³-hybridized carbons (Fsp3) is 1.00. The zero-order valence-corrected chi connectivity index (χ0v) is 26.1. The maximum Gasteiger partial charge on any atom is 0.0792 e. The molecule has 0 aromatic heterocycles. The van der Waals surface area contributed by atoms with Crippen molar-refractivity contribution in [3.05, 3.63) is 0 Å².